The third-order valence-electron chi connectivity index (χ3n) is 4.82. The molecule has 5 heteroatoms. The van der Waals surface area contributed by atoms with Gasteiger partial charge in [-0.3, -0.25) is 0 Å². The predicted molar refractivity (Wildman–Crippen MR) is 78.8 cm³/mol. The van der Waals surface area contributed by atoms with E-state index in [9.17, 15) is 8.42 Å². The highest BCUT2D eigenvalue weighted by molar-refractivity contribution is 7.89. The third kappa shape index (κ3) is 2.28. The highest BCUT2D eigenvalue weighted by atomic mass is 32.2. The molecule has 20 heavy (non-hydrogen) atoms. The summed E-state index contributed by atoms with van der Waals surface area (Å²) in [6.45, 7) is 3.26. The summed E-state index contributed by atoms with van der Waals surface area (Å²) in [5.41, 5.74) is 7.15. The van der Waals surface area contributed by atoms with Crippen molar-refractivity contribution in [1.82, 2.24) is 4.31 Å². The molecule has 0 amide bonds. The zero-order valence-corrected chi connectivity index (χ0v) is 12.6. The molecule has 110 valence electrons. The van der Waals surface area contributed by atoms with E-state index in [1.807, 2.05) is 19.1 Å². The molecule has 2 fully saturated rings. The van der Waals surface area contributed by atoms with Crippen molar-refractivity contribution >= 4 is 10.0 Å². The Morgan fingerprint density at radius 2 is 2.10 bits per heavy atom. The summed E-state index contributed by atoms with van der Waals surface area (Å²) < 4.78 is 27.1. The molecule has 0 bridgehead atoms. The molecule has 1 aromatic carbocycles. The molecule has 1 saturated carbocycles. The quantitative estimate of drug-likeness (QED) is 0.921. The van der Waals surface area contributed by atoms with Crippen LogP contribution in [0.3, 0.4) is 0 Å². The van der Waals surface area contributed by atoms with E-state index in [1.54, 1.807) is 16.4 Å². The number of fused-ring (bicyclic) bond motifs is 1. The number of rotatable bonds is 3. The molecule has 0 aromatic heterocycles. The minimum Gasteiger partial charge on any atom is -0.327 e. The SMILES string of the molecule is CCc1cccc(S(=O)(=O)N2CC3CCC(N)C3C2)c1. The molecular formula is C15H22N2O2S. The number of nitrogens with zero attached hydrogens (tertiary/aromatic N) is 1. The summed E-state index contributed by atoms with van der Waals surface area (Å²) in [5.74, 6) is 0.799. The van der Waals surface area contributed by atoms with Gasteiger partial charge in [0.1, 0.15) is 0 Å². The Morgan fingerprint density at radius 3 is 2.80 bits per heavy atom. The van der Waals surface area contributed by atoms with E-state index < -0.39 is 10.0 Å². The average Bonchev–Trinajstić information content (AvgIpc) is 3.02. The van der Waals surface area contributed by atoms with Crippen molar-refractivity contribution in [3.63, 3.8) is 0 Å². The van der Waals surface area contributed by atoms with Gasteiger partial charge < -0.3 is 5.73 Å². The normalized spacial score (nSPS) is 30.6. The maximum atomic E-state index is 12.7. The van der Waals surface area contributed by atoms with Gasteiger partial charge in [0.15, 0.2) is 0 Å². The maximum Gasteiger partial charge on any atom is 0.243 e. The zero-order chi connectivity index (χ0) is 14.3. The van der Waals surface area contributed by atoms with Gasteiger partial charge in [-0.05, 0) is 48.8 Å². The van der Waals surface area contributed by atoms with Crippen molar-refractivity contribution < 1.29 is 8.42 Å². The molecule has 0 radical (unpaired) electrons. The van der Waals surface area contributed by atoms with Gasteiger partial charge in [0, 0.05) is 19.1 Å². The van der Waals surface area contributed by atoms with Crippen LogP contribution in [0, 0.1) is 11.8 Å². The Bertz CT molecular complexity index is 600. The van der Waals surface area contributed by atoms with Crippen LogP contribution in [0.15, 0.2) is 29.2 Å². The van der Waals surface area contributed by atoms with Crippen LogP contribution in [-0.4, -0.2) is 31.9 Å². The van der Waals surface area contributed by atoms with Gasteiger partial charge in [0.25, 0.3) is 0 Å². The first-order chi connectivity index (χ1) is 9.52. The summed E-state index contributed by atoms with van der Waals surface area (Å²) >= 11 is 0. The fourth-order valence-corrected chi connectivity index (χ4v) is 5.14. The Hall–Kier alpha value is -0.910. The first kappa shape index (κ1) is 14.0. The van der Waals surface area contributed by atoms with Crippen molar-refractivity contribution in [3.8, 4) is 0 Å². The Morgan fingerprint density at radius 1 is 1.30 bits per heavy atom. The second kappa shape index (κ2) is 5.13. The minimum atomic E-state index is -3.36. The summed E-state index contributed by atoms with van der Waals surface area (Å²) in [4.78, 5) is 0.422. The van der Waals surface area contributed by atoms with E-state index >= 15 is 0 Å². The van der Waals surface area contributed by atoms with Crippen LogP contribution in [0.25, 0.3) is 0 Å². The number of sulfonamides is 1. The molecule has 3 rings (SSSR count). The molecule has 2 N–H and O–H groups in total. The summed E-state index contributed by atoms with van der Waals surface area (Å²) in [5, 5.41) is 0. The van der Waals surface area contributed by atoms with Crippen molar-refractivity contribution in [2.75, 3.05) is 13.1 Å². The molecule has 1 aromatic rings. The Balaban J connectivity index is 1.86. The fraction of sp³-hybridized carbons (Fsp3) is 0.600. The lowest BCUT2D eigenvalue weighted by atomic mass is 9.98. The number of benzene rings is 1. The fourth-order valence-electron chi connectivity index (χ4n) is 3.54. The standard InChI is InChI=1S/C15H22N2O2S/c1-2-11-4-3-5-13(8-11)20(18,19)17-9-12-6-7-15(16)14(12)10-17/h3-5,8,12,14-15H,2,6-7,9-10,16H2,1H3. The molecule has 3 atom stereocenters. The van der Waals surface area contributed by atoms with Gasteiger partial charge in [-0.15, -0.1) is 0 Å². The Kier molecular flexibility index (Phi) is 3.60. The molecule has 1 saturated heterocycles. The van der Waals surface area contributed by atoms with E-state index in [2.05, 4.69) is 0 Å². The monoisotopic (exact) mass is 294 g/mol. The Labute approximate surface area is 121 Å². The lowest BCUT2D eigenvalue weighted by molar-refractivity contribution is 0.427. The number of hydrogen-bond donors (Lipinski definition) is 1. The van der Waals surface area contributed by atoms with E-state index in [0.29, 0.717) is 29.8 Å². The predicted octanol–water partition coefficient (Wildman–Crippen LogP) is 1.61. The van der Waals surface area contributed by atoms with Crippen LogP contribution >= 0.6 is 0 Å². The summed E-state index contributed by atoms with van der Waals surface area (Å²) in [6, 6.07) is 7.45. The molecule has 1 heterocycles. The molecule has 0 spiro atoms. The van der Waals surface area contributed by atoms with Gasteiger partial charge in [0.2, 0.25) is 10.0 Å². The molecule has 2 aliphatic rings. The average molecular weight is 294 g/mol. The van der Waals surface area contributed by atoms with E-state index in [0.717, 1.165) is 24.8 Å². The summed E-state index contributed by atoms with van der Waals surface area (Å²) in [6.07, 6.45) is 2.95. The van der Waals surface area contributed by atoms with Crippen molar-refractivity contribution in [3.05, 3.63) is 29.8 Å². The van der Waals surface area contributed by atoms with Gasteiger partial charge >= 0.3 is 0 Å². The van der Waals surface area contributed by atoms with Crippen molar-refractivity contribution in [2.24, 2.45) is 17.6 Å². The smallest absolute Gasteiger partial charge is 0.243 e. The molecule has 4 nitrogen and oxygen atoms in total. The first-order valence-electron chi connectivity index (χ1n) is 7.37. The molecule has 3 unspecified atom stereocenters. The van der Waals surface area contributed by atoms with Gasteiger partial charge in [-0.25, -0.2) is 8.42 Å². The van der Waals surface area contributed by atoms with Crippen LogP contribution in [-0.2, 0) is 16.4 Å². The molecule has 1 aliphatic heterocycles. The first-order valence-corrected chi connectivity index (χ1v) is 8.81. The lowest BCUT2D eigenvalue weighted by Crippen LogP contribution is -2.33. The maximum absolute atomic E-state index is 12.7. The van der Waals surface area contributed by atoms with Crippen LogP contribution in [0.5, 0.6) is 0 Å². The van der Waals surface area contributed by atoms with Crippen LogP contribution in [0.2, 0.25) is 0 Å². The van der Waals surface area contributed by atoms with E-state index in [4.69, 9.17) is 5.73 Å². The second-order valence-electron chi connectivity index (χ2n) is 5.99. The van der Waals surface area contributed by atoms with E-state index in [1.165, 1.54) is 0 Å². The van der Waals surface area contributed by atoms with Crippen molar-refractivity contribution in [2.45, 2.75) is 37.1 Å². The minimum absolute atomic E-state index is 0.169. The number of nitrogens with two attached hydrogens (primary N) is 1. The third-order valence-corrected chi connectivity index (χ3v) is 6.65. The number of hydrogen-bond acceptors (Lipinski definition) is 3. The van der Waals surface area contributed by atoms with Crippen molar-refractivity contribution in [1.29, 1.82) is 0 Å². The highest BCUT2D eigenvalue weighted by Gasteiger charge is 2.44. The second-order valence-corrected chi connectivity index (χ2v) is 7.93. The van der Waals surface area contributed by atoms with Gasteiger partial charge in [-0.2, -0.15) is 4.31 Å². The van der Waals surface area contributed by atoms with Gasteiger partial charge in [0.05, 0.1) is 4.90 Å². The summed E-state index contributed by atoms with van der Waals surface area (Å²) in [7, 11) is -3.36. The lowest BCUT2D eigenvalue weighted by Gasteiger charge is -2.19. The number of aryl methyl sites for hydroxylation is 1. The van der Waals surface area contributed by atoms with Crippen LogP contribution in [0.4, 0.5) is 0 Å². The van der Waals surface area contributed by atoms with Gasteiger partial charge in [-0.1, -0.05) is 19.1 Å². The van der Waals surface area contributed by atoms with Crippen LogP contribution in [0.1, 0.15) is 25.3 Å². The van der Waals surface area contributed by atoms with E-state index in [-0.39, 0.29) is 6.04 Å². The highest BCUT2D eigenvalue weighted by Crippen LogP contribution is 2.39. The molecule has 1 aliphatic carbocycles. The largest absolute Gasteiger partial charge is 0.327 e. The molecular weight excluding hydrogens is 272 g/mol. The topological polar surface area (TPSA) is 63.4 Å². The zero-order valence-electron chi connectivity index (χ0n) is 11.8. The van der Waals surface area contributed by atoms with Crippen LogP contribution < -0.4 is 5.73 Å².